The van der Waals surface area contributed by atoms with Gasteiger partial charge in [-0.25, -0.2) is 4.98 Å². The molecule has 2 aromatic rings. The zero-order valence-corrected chi connectivity index (χ0v) is 13.5. The number of anilines is 1. The third-order valence-corrected chi connectivity index (χ3v) is 4.23. The Balaban J connectivity index is 1.96. The second-order valence-electron chi connectivity index (χ2n) is 5.02. The summed E-state index contributed by atoms with van der Waals surface area (Å²) >= 11 is 1.49. The molecule has 1 unspecified atom stereocenters. The van der Waals surface area contributed by atoms with Gasteiger partial charge in [-0.05, 0) is 32.4 Å². The average Bonchev–Trinajstić information content (AvgIpc) is 2.89. The van der Waals surface area contributed by atoms with Gasteiger partial charge in [0.05, 0.1) is 5.25 Å². The topological polar surface area (TPSA) is 46.9 Å². The van der Waals surface area contributed by atoms with E-state index in [1.807, 2.05) is 44.3 Å². The van der Waals surface area contributed by atoms with Crippen LogP contribution in [0.3, 0.4) is 0 Å². The van der Waals surface area contributed by atoms with Crippen LogP contribution in [0.1, 0.15) is 25.8 Å². The first kappa shape index (κ1) is 15.6. The SMILES string of the molecule is CCCn1ccnc1SC(C)C(=O)Nc1ccc(C)cc1. The quantitative estimate of drug-likeness (QED) is 0.827. The number of thioether (sulfide) groups is 1. The average molecular weight is 303 g/mol. The van der Waals surface area contributed by atoms with E-state index in [0.717, 1.165) is 23.8 Å². The monoisotopic (exact) mass is 303 g/mol. The maximum absolute atomic E-state index is 12.2. The largest absolute Gasteiger partial charge is 0.326 e. The van der Waals surface area contributed by atoms with Crippen LogP contribution in [0.15, 0.2) is 41.8 Å². The molecule has 4 nitrogen and oxygen atoms in total. The van der Waals surface area contributed by atoms with Crippen LogP contribution >= 0.6 is 11.8 Å². The number of nitrogens with zero attached hydrogens (tertiary/aromatic N) is 2. The molecule has 0 radical (unpaired) electrons. The van der Waals surface area contributed by atoms with Gasteiger partial charge < -0.3 is 9.88 Å². The molecule has 0 bridgehead atoms. The maximum atomic E-state index is 12.2. The first-order chi connectivity index (χ1) is 10.1. The maximum Gasteiger partial charge on any atom is 0.237 e. The Hall–Kier alpha value is -1.75. The van der Waals surface area contributed by atoms with Crippen LogP contribution in [0.4, 0.5) is 5.69 Å². The summed E-state index contributed by atoms with van der Waals surface area (Å²) in [5.74, 6) is -0.00472. The smallest absolute Gasteiger partial charge is 0.237 e. The molecule has 21 heavy (non-hydrogen) atoms. The van der Waals surface area contributed by atoms with Crippen LogP contribution < -0.4 is 5.32 Å². The van der Waals surface area contributed by atoms with E-state index >= 15 is 0 Å². The third kappa shape index (κ3) is 4.36. The lowest BCUT2D eigenvalue weighted by Crippen LogP contribution is -2.22. The number of nitrogens with one attached hydrogen (secondary N) is 1. The van der Waals surface area contributed by atoms with Crippen LogP contribution in [0.25, 0.3) is 0 Å². The lowest BCUT2D eigenvalue weighted by Gasteiger charge is -2.13. The van der Waals surface area contributed by atoms with Crippen molar-refractivity contribution >= 4 is 23.4 Å². The lowest BCUT2D eigenvalue weighted by molar-refractivity contribution is -0.115. The van der Waals surface area contributed by atoms with Crippen molar-refractivity contribution in [3.63, 3.8) is 0 Å². The van der Waals surface area contributed by atoms with Gasteiger partial charge in [-0.1, -0.05) is 36.4 Å². The summed E-state index contributed by atoms with van der Waals surface area (Å²) in [5.41, 5.74) is 2.01. The standard InChI is InChI=1S/C16H21N3OS/c1-4-10-19-11-9-17-16(19)21-13(3)15(20)18-14-7-5-12(2)6-8-14/h5-9,11,13H,4,10H2,1-3H3,(H,18,20). The Kier molecular flexibility index (Phi) is 5.44. The number of rotatable bonds is 6. The highest BCUT2D eigenvalue weighted by atomic mass is 32.2. The summed E-state index contributed by atoms with van der Waals surface area (Å²) in [6.45, 7) is 6.98. The highest BCUT2D eigenvalue weighted by Gasteiger charge is 2.17. The summed E-state index contributed by atoms with van der Waals surface area (Å²) in [4.78, 5) is 16.5. The van der Waals surface area contributed by atoms with Gasteiger partial charge in [-0.15, -0.1) is 0 Å². The van der Waals surface area contributed by atoms with E-state index < -0.39 is 0 Å². The minimum Gasteiger partial charge on any atom is -0.326 e. The fourth-order valence-electron chi connectivity index (χ4n) is 1.92. The molecule has 0 saturated carbocycles. The first-order valence-corrected chi connectivity index (χ1v) is 8.03. The molecule has 5 heteroatoms. The Morgan fingerprint density at radius 1 is 1.38 bits per heavy atom. The number of carbonyl (C=O) groups excluding carboxylic acids is 1. The predicted octanol–water partition coefficient (Wildman–Crippen LogP) is 3.72. The van der Waals surface area contributed by atoms with Crippen molar-refractivity contribution in [2.24, 2.45) is 0 Å². The fourth-order valence-corrected chi connectivity index (χ4v) is 2.81. The van der Waals surface area contributed by atoms with E-state index in [1.54, 1.807) is 6.20 Å². The van der Waals surface area contributed by atoms with E-state index in [4.69, 9.17) is 0 Å². The van der Waals surface area contributed by atoms with Crippen molar-refractivity contribution in [1.82, 2.24) is 9.55 Å². The van der Waals surface area contributed by atoms with Crippen molar-refractivity contribution in [3.05, 3.63) is 42.2 Å². The van der Waals surface area contributed by atoms with Gasteiger partial charge in [0.1, 0.15) is 0 Å². The van der Waals surface area contributed by atoms with Crippen LogP contribution in [0.5, 0.6) is 0 Å². The number of imidazole rings is 1. The molecule has 1 amide bonds. The Morgan fingerprint density at radius 2 is 2.10 bits per heavy atom. The molecule has 1 aromatic heterocycles. The van der Waals surface area contributed by atoms with Gasteiger partial charge in [-0.2, -0.15) is 0 Å². The number of aryl methyl sites for hydroxylation is 2. The molecular weight excluding hydrogens is 282 g/mol. The number of hydrogen-bond acceptors (Lipinski definition) is 3. The number of amides is 1. The number of aromatic nitrogens is 2. The molecule has 0 spiro atoms. The van der Waals surface area contributed by atoms with E-state index in [0.29, 0.717) is 0 Å². The van der Waals surface area contributed by atoms with Gasteiger partial charge in [0.25, 0.3) is 0 Å². The third-order valence-electron chi connectivity index (χ3n) is 3.11. The number of benzene rings is 1. The number of carbonyl (C=O) groups is 1. The second-order valence-corrected chi connectivity index (χ2v) is 6.33. The fraction of sp³-hybridized carbons (Fsp3) is 0.375. The lowest BCUT2D eigenvalue weighted by atomic mass is 10.2. The van der Waals surface area contributed by atoms with Crippen LogP contribution in [-0.4, -0.2) is 20.7 Å². The molecule has 0 fully saturated rings. The van der Waals surface area contributed by atoms with Crippen molar-refractivity contribution in [1.29, 1.82) is 0 Å². The van der Waals surface area contributed by atoms with Crippen LogP contribution in [-0.2, 0) is 11.3 Å². The van der Waals surface area contributed by atoms with Crippen molar-refractivity contribution in [2.45, 2.75) is 44.1 Å². The van der Waals surface area contributed by atoms with Gasteiger partial charge in [-0.3, -0.25) is 4.79 Å². The Bertz CT molecular complexity index is 592. The summed E-state index contributed by atoms with van der Waals surface area (Å²) < 4.78 is 2.08. The Morgan fingerprint density at radius 3 is 2.76 bits per heavy atom. The summed E-state index contributed by atoms with van der Waals surface area (Å²) in [6, 6.07) is 7.81. The molecule has 112 valence electrons. The molecule has 0 saturated heterocycles. The van der Waals surface area contributed by atoms with Crippen molar-refractivity contribution in [2.75, 3.05) is 5.32 Å². The number of hydrogen-bond donors (Lipinski definition) is 1. The Labute approximate surface area is 130 Å². The summed E-state index contributed by atoms with van der Waals surface area (Å²) in [6.07, 6.45) is 4.78. The van der Waals surface area contributed by atoms with Crippen molar-refractivity contribution < 1.29 is 4.79 Å². The highest BCUT2D eigenvalue weighted by Crippen LogP contribution is 2.23. The van der Waals surface area contributed by atoms with Gasteiger partial charge in [0.15, 0.2) is 5.16 Å². The van der Waals surface area contributed by atoms with Gasteiger partial charge in [0, 0.05) is 24.6 Å². The molecule has 1 atom stereocenters. The van der Waals surface area contributed by atoms with Gasteiger partial charge in [0.2, 0.25) is 5.91 Å². The summed E-state index contributed by atoms with van der Waals surface area (Å²) in [5, 5.41) is 3.64. The molecular formula is C16H21N3OS. The minimum atomic E-state index is -0.190. The van der Waals surface area contributed by atoms with E-state index in [1.165, 1.54) is 17.3 Å². The molecule has 2 rings (SSSR count). The molecule has 1 N–H and O–H groups in total. The van der Waals surface area contributed by atoms with Crippen molar-refractivity contribution in [3.8, 4) is 0 Å². The van der Waals surface area contributed by atoms with Crippen LogP contribution in [0.2, 0.25) is 0 Å². The molecule has 0 aliphatic heterocycles. The highest BCUT2D eigenvalue weighted by molar-refractivity contribution is 8.00. The van der Waals surface area contributed by atoms with E-state index in [9.17, 15) is 4.79 Å². The van der Waals surface area contributed by atoms with E-state index in [2.05, 4.69) is 21.8 Å². The molecule has 1 heterocycles. The summed E-state index contributed by atoms with van der Waals surface area (Å²) in [7, 11) is 0. The molecule has 0 aliphatic rings. The van der Waals surface area contributed by atoms with Gasteiger partial charge >= 0.3 is 0 Å². The van der Waals surface area contributed by atoms with E-state index in [-0.39, 0.29) is 11.2 Å². The molecule has 0 aliphatic carbocycles. The zero-order chi connectivity index (χ0) is 15.2. The predicted molar refractivity (Wildman–Crippen MR) is 87.6 cm³/mol. The van der Waals surface area contributed by atoms with Crippen LogP contribution in [0, 0.1) is 6.92 Å². The normalized spacial score (nSPS) is 12.1. The first-order valence-electron chi connectivity index (χ1n) is 7.15. The minimum absolute atomic E-state index is 0.00472. The zero-order valence-electron chi connectivity index (χ0n) is 12.7. The molecule has 1 aromatic carbocycles. The second kappa shape index (κ2) is 7.31.